The maximum atomic E-state index is 11.6. The Morgan fingerprint density at radius 2 is 1.82 bits per heavy atom. The van der Waals surface area contributed by atoms with E-state index in [9.17, 15) is 14.4 Å². The summed E-state index contributed by atoms with van der Waals surface area (Å²) in [6.45, 7) is 1.49. The first kappa shape index (κ1) is 11.1. The minimum Gasteiger partial charge on any atom is -0.478 e. The average Bonchev–Trinajstić information content (AvgIpc) is 2.53. The van der Waals surface area contributed by atoms with E-state index in [1.807, 2.05) is 0 Å². The van der Waals surface area contributed by atoms with Crippen LogP contribution in [0, 0.1) is 0 Å². The molecule has 2 amide bonds. The Kier molecular flexibility index (Phi) is 2.51. The molecule has 0 saturated carbocycles. The Labute approximate surface area is 96.8 Å². The monoisotopic (exact) mass is 231 g/mol. The van der Waals surface area contributed by atoms with Gasteiger partial charge in [0.15, 0.2) is 0 Å². The first-order valence-corrected chi connectivity index (χ1v) is 4.91. The van der Waals surface area contributed by atoms with E-state index in [1.165, 1.54) is 19.1 Å². The Morgan fingerprint density at radius 1 is 1.18 bits per heavy atom. The van der Waals surface area contributed by atoms with Gasteiger partial charge in [0.05, 0.1) is 11.1 Å². The number of carbonyl (C=O) groups is 3. The number of carboxylic acid groups (broad SMARTS) is 1. The average molecular weight is 231 g/mol. The van der Waals surface area contributed by atoms with Crippen molar-refractivity contribution < 1.29 is 19.5 Å². The second kappa shape index (κ2) is 3.86. The number of carboxylic acids is 1. The van der Waals surface area contributed by atoms with Gasteiger partial charge in [0.25, 0.3) is 11.8 Å². The Hall–Kier alpha value is -2.43. The fourth-order valence-corrected chi connectivity index (χ4v) is 1.76. The topological polar surface area (TPSA) is 83.5 Å². The van der Waals surface area contributed by atoms with Gasteiger partial charge in [0.1, 0.15) is 0 Å². The van der Waals surface area contributed by atoms with E-state index in [0.29, 0.717) is 0 Å². The molecule has 1 aromatic rings. The molecule has 0 bridgehead atoms. The van der Waals surface area contributed by atoms with Crippen LogP contribution in [0.5, 0.6) is 0 Å². The molecule has 1 aliphatic heterocycles. The SMILES string of the molecule is CC1=C(c2ccccc2C(=O)O)C(=O)NC1=O. The zero-order valence-electron chi connectivity index (χ0n) is 8.98. The van der Waals surface area contributed by atoms with E-state index in [-0.39, 0.29) is 22.3 Å². The van der Waals surface area contributed by atoms with Gasteiger partial charge < -0.3 is 5.11 Å². The molecule has 0 atom stereocenters. The summed E-state index contributed by atoms with van der Waals surface area (Å²) in [5, 5.41) is 11.2. The Morgan fingerprint density at radius 3 is 2.35 bits per heavy atom. The summed E-state index contributed by atoms with van der Waals surface area (Å²) in [5.74, 6) is -2.17. The van der Waals surface area contributed by atoms with Gasteiger partial charge in [-0.2, -0.15) is 0 Å². The summed E-state index contributed by atoms with van der Waals surface area (Å²) in [6, 6.07) is 6.10. The zero-order valence-corrected chi connectivity index (χ0v) is 8.98. The molecule has 5 nitrogen and oxygen atoms in total. The second-order valence-electron chi connectivity index (χ2n) is 3.63. The maximum Gasteiger partial charge on any atom is 0.336 e. The highest BCUT2D eigenvalue weighted by molar-refractivity contribution is 6.36. The number of aromatic carboxylic acids is 1. The molecule has 0 aromatic heterocycles. The lowest BCUT2D eigenvalue weighted by Crippen LogP contribution is -2.22. The van der Waals surface area contributed by atoms with Gasteiger partial charge in [-0.15, -0.1) is 0 Å². The number of hydrogen-bond acceptors (Lipinski definition) is 3. The van der Waals surface area contributed by atoms with Gasteiger partial charge in [-0.1, -0.05) is 18.2 Å². The zero-order chi connectivity index (χ0) is 12.6. The quantitative estimate of drug-likeness (QED) is 0.738. The maximum absolute atomic E-state index is 11.6. The molecule has 0 radical (unpaired) electrons. The molecule has 1 aromatic carbocycles. The van der Waals surface area contributed by atoms with Gasteiger partial charge in [-0.3, -0.25) is 14.9 Å². The predicted octanol–water partition coefficient (Wildman–Crippen LogP) is 0.815. The minimum absolute atomic E-state index is 0.00620. The predicted molar refractivity (Wildman–Crippen MR) is 59.1 cm³/mol. The molecule has 17 heavy (non-hydrogen) atoms. The van der Waals surface area contributed by atoms with Gasteiger partial charge in [0.2, 0.25) is 0 Å². The lowest BCUT2D eigenvalue weighted by Gasteiger charge is -2.05. The molecule has 0 saturated heterocycles. The van der Waals surface area contributed by atoms with E-state index in [0.717, 1.165) is 0 Å². The van der Waals surface area contributed by atoms with Gasteiger partial charge in [-0.05, 0) is 13.0 Å². The third-order valence-electron chi connectivity index (χ3n) is 2.60. The van der Waals surface area contributed by atoms with Crippen LogP contribution in [0.1, 0.15) is 22.8 Å². The lowest BCUT2D eigenvalue weighted by atomic mass is 9.97. The summed E-state index contributed by atoms with van der Waals surface area (Å²) in [7, 11) is 0. The number of imide groups is 1. The van der Waals surface area contributed by atoms with Crippen LogP contribution in [-0.2, 0) is 9.59 Å². The number of benzene rings is 1. The first-order valence-electron chi connectivity index (χ1n) is 4.91. The van der Waals surface area contributed by atoms with Crippen molar-refractivity contribution in [3.63, 3.8) is 0 Å². The molecule has 0 spiro atoms. The van der Waals surface area contributed by atoms with Gasteiger partial charge in [0, 0.05) is 11.1 Å². The van der Waals surface area contributed by atoms with Crippen LogP contribution in [0.4, 0.5) is 0 Å². The van der Waals surface area contributed by atoms with Gasteiger partial charge in [-0.25, -0.2) is 4.79 Å². The highest BCUT2D eigenvalue weighted by atomic mass is 16.4. The van der Waals surface area contributed by atoms with Crippen molar-refractivity contribution in [1.82, 2.24) is 5.32 Å². The molecule has 2 N–H and O–H groups in total. The van der Waals surface area contributed by atoms with Crippen LogP contribution >= 0.6 is 0 Å². The summed E-state index contributed by atoms with van der Waals surface area (Å²) in [6.07, 6.45) is 0. The molecule has 1 heterocycles. The Balaban J connectivity index is 2.66. The number of carbonyl (C=O) groups excluding carboxylic acids is 2. The van der Waals surface area contributed by atoms with Crippen molar-refractivity contribution in [2.75, 3.05) is 0 Å². The molecular weight excluding hydrogens is 222 g/mol. The number of rotatable bonds is 2. The van der Waals surface area contributed by atoms with E-state index < -0.39 is 17.8 Å². The van der Waals surface area contributed by atoms with Crippen molar-refractivity contribution in [2.45, 2.75) is 6.92 Å². The smallest absolute Gasteiger partial charge is 0.336 e. The fourth-order valence-electron chi connectivity index (χ4n) is 1.76. The van der Waals surface area contributed by atoms with E-state index >= 15 is 0 Å². The molecule has 86 valence electrons. The lowest BCUT2D eigenvalue weighted by molar-refractivity contribution is -0.123. The van der Waals surface area contributed by atoms with E-state index in [4.69, 9.17) is 5.11 Å². The van der Waals surface area contributed by atoms with Crippen molar-refractivity contribution in [3.8, 4) is 0 Å². The standard InChI is InChI=1S/C12H9NO4/c1-6-9(11(15)13-10(6)14)7-4-2-3-5-8(7)12(16)17/h2-5H,1H3,(H,16,17)(H,13,14,15). The molecule has 1 aliphatic rings. The largest absolute Gasteiger partial charge is 0.478 e. The highest BCUT2D eigenvalue weighted by Gasteiger charge is 2.30. The van der Waals surface area contributed by atoms with E-state index in [2.05, 4.69) is 5.32 Å². The summed E-state index contributed by atoms with van der Waals surface area (Å²) >= 11 is 0. The minimum atomic E-state index is -1.13. The van der Waals surface area contributed by atoms with E-state index in [1.54, 1.807) is 12.1 Å². The second-order valence-corrected chi connectivity index (χ2v) is 3.63. The van der Waals surface area contributed by atoms with Crippen molar-refractivity contribution in [2.24, 2.45) is 0 Å². The third kappa shape index (κ3) is 1.71. The van der Waals surface area contributed by atoms with Crippen LogP contribution in [0.25, 0.3) is 5.57 Å². The molecule has 0 aliphatic carbocycles. The van der Waals surface area contributed by atoms with Crippen molar-refractivity contribution in [3.05, 3.63) is 41.0 Å². The van der Waals surface area contributed by atoms with Crippen molar-refractivity contribution in [1.29, 1.82) is 0 Å². The fraction of sp³-hybridized carbons (Fsp3) is 0.0833. The van der Waals surface area contributed by atoms with Crippen LogP contribution in [0.2, 0.25) is 0 Å². The number of amides is 2. The van der Waals surface area contributed by atoms with Crippen LogP contribution in [-0.4, -0.2) is 22.9 Å². The summed E-state index contributed by atoms with van der Waals surface area (Å²) in [5.41, 5.74) is 0.643. The molecular formula is C12H9NO4. The van der Waals surface area contributed by atoms with Crippen LogP contribution in [0.3, 0.4) is 0 Å². The highest BCUT2D eigenvalue weighted by Crippen LogP contribution is 2.26. The third-order valence-corrected chi connectivity index (χ3v) is 2.60. The molecule has 5 heteroatoms. The molecule has 0 fully saturated rings. The van der Waals surface area contributed by atoms with Crippen molar-refractivity contribution >= 4 is 23.4 Å². The normalized spacial score (nSPS) is 15.1. The van der Waals surface area contributed by atoms with Gasteiger partial charge >= 0.3 is 5.97 Å². The molecule has 2 rings (SSSR count). The van der Waals surface area contributed by atoms with Crippen LogP contribution < -0.4 is 5.32 Å². The summed E-state index contributed by atoms with van der Waals surface area (Å²) < 4.78 is 0. The Bertz CT molecular complexity index is 572. The first-order chi connectivity index (χ1) is 8.02. The molecule has 0 unspecified atom stereocenters. The summed E-state index contributed by atoms with van der Waals surface area (Å²) in [4.78, 5) is 33.9. The number of hydrogen-bond donors (Lipinski definition) is 2. The number of nitrogens with one attached hydrogen (secondary N) is 1. The van der Waals surface area contributed by atoms with Crippen LogP contribution in [0.15, 0.2) is 29.8 Å².